The largest absolute Gasteiger partial charge is 0.456 e. The van der Waals surface area contributed by atoms with Gasteiger partial charge in [0.2, 0.25) is 0 Å². The maximum absolute atomic E-state index is 12.4. The minimum atomic E-state index is -9.74. The predicted octanol–water partition coefficient (Wildman–Crippen LogP) is 5.37. The van der Waals surface area contributed by atoms with Gasteiger partial charge in [-0.3, -0.25) is 0 Å². The molecule has 0 fully saturated rings. The van der Waals surface area contributed by atoms with Crippen LogP contribution in [0.2, 0.25) is 0 Å². The predicted molar refractivity (Wildman–Crippen MR) is 64.7 cm³/mol. The van der Waals surface area contributed by atoms with E-state index in [2.05, 4.69) is 18.1 Å². The molecule has 0 spiro atoms. The molecule has 1 aromatic heterocycles. The van der Waals surface area contributed by atoms with Crippen LogP contribution in [0.25, 0.3) is 0 Å². The van der Waals surface area contributed by atoms with E-state index < -0.39 is 15.3 Å². The van der Waals surface area contributed by atoms with E-state index in [0.29, 0.717) is 6.20 Å². The Hall–Kier alpha value is -1.83. The molecule has 1 heterocycles. The fourth-order valence-electron chi connectivity index (χ4n) is 1.05. The number of pyridine rings is 1. The summed E-state index contributed by atoms with van der Waals surface area (Å²) in [4.78, 5) is 2.71. The zero-order valence-corrected chi connectivity index (χ0v) is 10.3. The second-order valence-electron chi connectivity index (χ2n) is 3.41. The van der Waals surface area contributed by atoms with Gasteiger partial charge in [0.1, 0.15) is 11.5 Å². The summed E-state index contributed by atoms with van der Waals surface area (Å²) in [5, 5.41) is -2.21. The van der Waals surface area contributed by atoms with Crippen LogP contribution in [0.3, 0.4) is 0 Å². The Labute approximate surface area is 106 Å². The molecule has 2 nitrogen and oxygen atoms in total. The first-order valence-electron chi connectivity index (χ1n) is 4.79. The van der Waals surface area contributed by atoms with Crippen LogP contribution < -0.4 is 4.74 Å². The van der Waals surface area contributed by atoms with Gasteiger partial charge in [-0.1, -0.05) is 38.7 Å². The number of hydrogen-bond acceptors (Lipinski definition) is 2. The second-order valence-corrected chi connectivity index (χ2v) is 5.77. The fraction of sp³-hybridized carbons (Fsp3) is 0. The highest BCUT2D eigenvalue weighted by atomic mass is 32.5. The Morgan fingerprint density at radius 2 is 1.79 bits per heavy atom. The number of allylic oxidation sites excluding steroid dienone is 3. The highest BCUT2D eigenvalue weighted by Crippen LogP contribution is 3.01. The third-order valence-electron chi connectivity index (χ3n) is 1.82. The van der Waals surface area contributed by atoms with Gasteiger partial charge in [-0.25, -0.2) is 4.98 Å². The molecule has 0 bridgehead atoms. The first-order chi connectivity index (χ1) is 8.46. The Balaban J connectivity index is 3.05. The van der Waals surface area contributed by atoms with E-state index in [1.54, 1.807) is 0 Å². The molecule has 0 aliphatic heterocycles. The van der Waals surface area contributed by atoms with Gasteiger partial charge in [-0.2, -0.15) is 0 Å². The first kappa shape index (κ1) is 15.2. The van der Waals surface area contributed by atoms with Gasteiger partial charge in [0.15, 0.2) is 5.03 Å². The lowest BCUT2D eigenvalue weighted by Crippen LogP contribution is -2.08. The number of halogens is 5. The summed E-state index contributed by atoms with van der Waals surface area (Å²) < 4.78 is 67.0. The molecule has 0 N–H and O–H groups in total. The van der Waals surface area contributed by atoms with Crippen molar-refractivity contribution >= 4 is 10.2 Å². The minimum absolute atomic E-state index is 0.126. The van der Waals surface area contributed by atoms with Gasteiger partial charge in [-0.15, -0.1) is 0 Å². The average Bonchev–Trinajstić information content (AvgIpc) is 2.26. The van der Waals surface area contributed by atoms with E-state index in [9.17, 15) is 19.4 Å². The summed E-state index contributed by atoms with van der Waals surface area (Å²) in [6.07, 6.45) is 4.60. The van der Waals surface area contributed by atoms with E-state index in [0.717, 1.165) is 6.07 Å². The van der Waals surface area contributed by atoms with Crippen molar-refractivity contribution in [2.24, 2.45) is 0 Å². The molecule has 8 heteroatoms. The van der Waals surface area contributed by atoms with Crippen LogP contribution in [0.15, 0.2) is 60.5 Å². The summed E-state index contributed by atoms with van der Waals surface area (Å²) in [6, 6.07) is 0.923. The lowest BCUT2D eigenvalue weighted by molar-refractivity contribution is 0.357. The Kier molecular flexibility index (Phi) is 3.28. The van der Waals surface area contributed by atoms with Crippen molar-refractivity contribution in [2.45, 2.75) is 5.03 Å². The zero-order chi connectivity index (χ0) is 14.8. The fourth-order valence-corrected chi connectivity index (χ4v) is 1.63. The van der Waals surface area contributed by atoms with Crippen molar-refractivity contribution in [1.29, 1.82) is 0 Å². The molecule has 19 heavy (non-hydrogen) atoms. The van der Waals surface area contributed by atoms with Gasteiger partial charge < -0.3 is 4.74 Å². The number of rotatable bonds is 5. The lowest BCUT2D eigenvalue weighted by Gasteiger charge is -2.39. The van der Waals surface area contributed by atoms with Gasteiger partial charge in [0.25, 0.3) is 0 Å². The second kappa shape index (κ2) is 4.09. The summed E-state index contributed by atoms with van der Waals surface area (Å²) >= 11 is 0. The molecule has 1 aromatic rings. The van der Waals surface area contributed by atoms with Crippen LogP contribution in [0.5, 0.6) is 5.75 Å². The van der Waals surface area contributed by atoms with Crippen LogP contribution in [0.4, 0.5) is 19.4 Å². The average molecular weight is 299 g/mol. The van der Waals surface area contributed by atoms with Gasteiger partial charge in [0, 0.05) is 0 Å². The summed E-state index contributed by atoms with van der Waals surface area (Å²) in [6.45, 7) is 6.79. The standard InChI is InChI=1S/C11H10F5NOS/c1-3-5-9(4-2)18-10-6-7-11(17-8-10)19(12,13,14,15)16/h3-8H,1-2H2/b9-5+. The Morgan fingerprint density at radius 1 is 1.16 bits per heavy atom. The SMILES string of the molecule is C=C/C=C(\C=C)Oc1ccc(S(F)(F)(F)(F)F)nc1. The summed E-state index contributed by atoms with van der Waals surface area (Å²) in [5.41, 5.74) is 0. The molecule has 0 unspecified atom stereocenters. The van der Waals surface area contributed by atoms with Crippen molar-refractivity contribution < 1.29 is 24.2 Å². The Bertz CT molecular complexity index is 532. The minimum Gasteiger partial charge on any atom is -0.456 e. The molecule has 0 saturated heterocycles. The molecule has 0 saturated carbocycles. The van der Waals surface area contributed by atoms with Crippen LogP contribution in [0.1, 0.15) is 0 Å². The molecular weight excluding hydrogens is 289 g/mol. The van der Waals surface area contributed by atoms with E-state index in [4.69, 9.17) is 4.74 Å². The van der Waals surface area contributed by atoms with Crippen molar-refractivity contribution in [3.05, 3.63) is 55.5 Å². The van der Waals surface area contributed by atoms with Gasteiger partial charge >= 0.3 is 10.2 Å². The van der Waals surface area contributed by atoms with E-state index in [1.807, 2.05) is 0 Å². The van der Waals surface area contributed by atoms with Crippen molar-refractivity contribution in [3.8, 4) is 5.75 Å². The van der Waals surface area contributed by atoms with Crippen LogP contribution in [-0.2, 0) is 0 Å². The van der Waals surface area contributed by atoms with E-state index in [-0.39, 0.29) is 17.6 Å². The van der Waals surface area contributed by atoms with Crippen LogP contribution in [-0.4, -0.2) is 4.98 Å². The topological polar surface area (TPSA) is 22.1 Å². The molecule has 0 aromatic carbocycles. The monoisotopic (exact) mass is 299 g/mol. The quantitative estimate of drug-likeness (QED) is 0.414. The first-order valence-corrected chi connectivity index (χ1v) is 6.74. The van der Waals surface area contributed by atoms with E-state index >= 15 is 0 Å². The Morgan fingerprint density at radius 3 is 2.16 bits per heavy atom. The molecule has 0 aliphatic carbocycles. The van der Waals surface area contributed by atoms with Crippen molar-refractivity contribution in [3.63, 3.8) is 0 Å². The molecule has 0 amide bonds. The maximum Gasteiger partial charge on any atom is 0.325 e. The molecule has 106 valence electrons. The van der Waals surface area contributed by atoms with E-state index in [1.165, 1.54) is 18.2 Å². The molecule has 1 rings (SSSR count). The smallest absolute Gasteiger partial charge is 0.325 e. The summed E-state index contributed by atoms with van der Waals surface area (Å²) in [7, 11) is -9.74. The highest BCUT2D eigenvalue weighted by Gasteiger charge is 2.67. The number of aromatic nitrogens is 1. The molecule has 0 atom stereocenters. The van der Waals surface area contributed by atoms with Crippen LogP contribution in [0, 0.1) is 0 Å². The van der Waals surface area contributed by atoms with Gasteiger partial charge in [0.05, 0.1) is 6.20 Å². The lowest BCUT2D eigenvalue weighted by atomic mass is 10.4. The van der Waals surface area contributed by atoms with Crippen molar-refractivity contribution in [2.75, 3.05) is 0 Å². The molecule has 0 radical (unpaired) electrons. The number of hydrogen-bond donors (Lipinski definition) is 0. The van der Waals surface area contributed by atoms with Gasteiger partial charge in [-0.05, 0) is 24.3 Å². The normalized spacial score (nSPS) is 16.2. The number of nitrogens with zero attached hydrogens (tertiary/aromatic N) is 1. The molecular formula is C11H10F5NOS. The third-order valence-corrected chi connectivity index (χ3v) is 2.86. The third kappa shape index (κ3) is 4.40. The molecule has 0 aliphatic rings. The summed E-state index contributed by atoms with van der Waals surface area (Å²) in [5.74, 6) is 0.0653. The maximum atomic E-state index is 12.4. The van der Waals surface area contributed by atoms with Crippen LogP contribution >= 0.6 is 10.2 Å². The van der Waals surface area contributed by atoms with Crippen molar-refractivity contribution in [1.82, 2.24) is 4.98 Å². The number of ether oxygens (including phenoxy) is 1. The zero-order valence-electron chi connectivity index (χ0n) is 9.53. The highest BCUT2D eigenvalue weighted by molar-refractivity contribution is 8.45.